The topological polar surface area (TPSA) is 29.9 Å². The number of nitrogens with zero attached hydrogens (tertiary/aromatic N) is 2. The molecule has 0 radical (unpaired) electrons. The van der Waals surface area contributed by atoms with E-state index in [1.807, 2.05) is 11.6 Å². The molecule has 1 heterocycles. The molecular formula is C17H25N3. The average molecular weight is 271 g/mol. The quantitative estimate of drug-likeness (QED) is 0.870. The normalized spacial score (nSPS) is 12.6. The molecule has 1 atom stereocenters. The molecule has 1 N–H and O–H groups in total. The van der Waals surface area contributed by atoms with Gasteiger partial charge < -0.3 is 5.32 Å². The molecule has 0 bridgehead atoms. The second-order valence-corrected chi connectivity index (χ2v) is 5.61. The lowest BCUT2D eigenvalue weighted by Gasteiger charge is -2.20. The molecular weight excluding hydrogens is 246 g/mol. The van der Waals surface area contributed by atoms with Gasteiger partial charge in [0.1, 0.15) is 0 Å². The summed E-state index contributed by atoms with van der Waals surface area (Å²) in [6, 6.07) is 9.14. The molecule has 0 amide bonds. The van der Waals surface area contributed by atoms with Crippen LogP contribution in [0.5, 0.6) is 0 Å². The third-order valence-corrected chi connectivity index (χ3v) is 3.43. The minimum atomic E-state index is 0.313. The van der Waals surface area contributed by atoms with Crippen LogP contribution in [0.4, 0.5) is 0 Å². The maximum absolute atomic E-state index is 4.51. The van der Waals surface area contributed by atoms with Crippen molar-refractivity contribution >= 4 is 0 Å². The zero-order valence-electron chi connectivity index (χ0n) is 13.0. The van der Waals surface area contributed by atoms with Crippen molar-refractivity contribution in [1.29, 1.82) is 0 Å². The number of nitrogens with one attached hydrogen (secondary N) is 1. The first-order valence-corrected chi connectivity index (χ1v) is 7.40. The van der Waals surface area contributed by atoms with Crippen LogP contribution < -0.4 is 5.32 Å². The summed E-state index contributed by atoms with van der Waals surface area (Å²) in [4.78, 5) is 0. The highest BCUT2D eigenvalue weighted by molar-refractivity contribution is 5.30. The summed E-state index contributed by atoms with van der Waals surface area (Å²) >= 11 is 0. The van der Waals surface area contributed by atoms with Crippen molar-refractivity contribution < 1.29 is 0 Å². The van der Waals surface area contributed by atoms with Gasteiger partial charge in [-0.15, -0.1) is 0 Å². The summed E-state index contributed by atoms with van der Waals surface area (Å²) in [7, 11) is 0. The van der Waals surface area contributed by atoms with Crippen molar-refractivity contribution in [2.75, 3.05) is 6.54 Å². The fraction of sp³-hybridized carbons (Fsp3) is 0.471. The van der Waals surface area contributed by atoms with Gasteiger partial charge in [0.25, 0.3) is 0 Å². The third kappa shape index (κ3) is 3.94. The summed E-state index contributed by atoms with van der Waals surface area (Å²) < 4.78 is 2.03. The lowest BCUT2D eigenvalue weighted by atomic mass is 10.0. The molecule has 2 aromatic rings. The first-order chi connectivity index (χ1) is 9.58. The molecule has 0 fully saturated rings. The van der Waals surface area contributed by atoms with E-state index in [-0.39, 0.29) is 0 Å². The first kappa shape index (κ1) is 14.8. The summed E-state index contributed by atoms with van der Waals surface area (Å²) in [5, 5.41) is 8.14. The maximum atomic E-state index is 4.51. The minimum absolute atomic E-state index is 0.313. The van der Waals surface area contributed by atoms with Crippen LogP contribution in [-0.2, 0) is 6.54 Å². The zero-order valence-corrected chi connectivity index (χ0v) is 13.0. The SMILES string of the molecule is CCCNC(Cn1ccc(C)n1)c1cc(C)cc(C)c1. The monoisotopic (exact) mass is 271 g/mol. The summed E-state index contributed by atoms with van der Waals surface area (Å²) in [5.41, 5.74) is 5.06. The number of hydrogen-bond donors (Lipinski definition) is 1. The second-order valence-electron chi connectivity index (χ2n) is 5.61. The van der Waals surface area contributed by atoms with E-state index in [2.05, 4.69) is 61.6 Å². The Bertz CT molecular complexity index is 537. The Morgan fingerprint density at radius 2 is 1.85 bits per heavy atom. The van der Waals surface area contributed by atoms with Crippen LogP contribution in [0.15, 0.2) is 30.5 Å². The molecule has 0 aliphatic rings. The van der Waals surface area contributed by atoms with E-state index in [1.54, 1.807) is 0 Å². The van der Waals surface area contributed by atoms with Crippen molar-refractivity contribution in [2.24, 2.45) is 0 Å². The molecule has 3 heteroatoms. The Morgan fingerprint density at radius 1 is 1.15 bits per heavy atom. The molecule has 1 unspecified atom stereocenters. The Balaban J connectivity index is 2.21. The van der Waals surface area contributed by atoms with Crippen LogP contribution in [0.2, 0.25) is 0 Å². The molecule has 0 spiro atoms. The van der Waals surface area contributed by atoms with Crippen LogP contribution in [0.1, 0.15) is 41.8 Å². The van der Waals surface area contributed by atoms with Crippen LogP contribution in [-0.4, -0.2) is 16.3 Å². The Kier molecular flexibility index (Phi) is 4.96. The molecule has 20 heavy (non-hydrogen) atoms. The van der Waals surface area contributed by atoms with Gasteiger partial charge in [0.05, 0.1) is 18.3 Å². The average Bonchev–Trinajstić information content (AvgIpc) is 2.79. The molecule has 3 nitrogen and oxygen atoms in total. The van der Waals surface area contributed by atoms with E-state index >= 15 is 0 Å². The predicted molar refractivity (Wildman–Crippen MR) is 83.9 cm³/mol. The van der Waals surface area contributed by atoms with E-state index in [9.17, 15) is 0 Å². The number of benzene rings is 1. The highest BCUT2D eigenvalue weighted by Gasteiger charge is 2.12. The van der Waals surface area contributed by atoms with Crippen LogP contribution >= 0.6 is 0 Å². The highest BCUT2D eigenvalue weighted by atomic mass is 15.3. The third-order valence-electron chi connectivity index (χ3n) is 3.43. The van der Waals surface area contributed by atoms with Crippen LogP contribution in [0.25, 0.3) is 0 Å². The van der Waals surface area contributed by atoms with Crippen molar-refractivity contribution in [3.8, 4) is 0 Å². The van der Waals surface area contributed by atoms with E-state index in [4.69, 9.17) is 0 Å². The Hall–Kier alpha value is -1.61. The lowest BCUT2D eigenvalue weighted by Crippen LogP contribution is -2.26. The van der Waals surface area contributed by atoms with Gasteiger partial charge in [0.2, 0.25) is 0 Å². The molecule has 0 saturated heterocycles. The second kappa shape index (κ2) is 6.71. The molecule has 1 aromatic carbocycles. The summed E-state index contributed by atoms with van der Waals surface area (Å²) in [5.74, 6) is 0. The fourth-order valence-electron chi connectivity index (χ4n) is 2.57. The zero-order chi connectivity index (χ0) is 14.5. The summed E-state index contributed by atoms with van der Waals surface area (Å²) in [6.07, 6.45) is 3.19. The minimum Gasteiger partial charge on any atom is -0.308 e. The van der Waals surface area contributed by atoms with Gasteiger partial charge in [0.15, 0.2) is 0 Å². The number of rotatable bonds is 6. The van der Waals surface area contributed by atoms with Crippen molar-refractivity contribution in [3.05, 3.63) is 52.8 Å². The molecule has 0 aliphatic heterocycles. The van der Waals surface area contributed by atoms with Gasteiger partial charge in [-0.3, -0.25) is 4.68 Å². The van der Waals surface area contributed by atoms with Gasteiger partial charge in [-0.2, -0.15) is 5.10 Å². The van der Waals surface area contributed by atoms with Gasteiger partial charge in [-0.1, -0.05) is 36.2 Å². The molecule has 1 aromatic heterocycles. The standard InChI is InChI=1S/C17H25N3/c1-5-7-18-17(12-20-8-6-15(4)19-20)16-10-13(2)9-14(3)11-16/h6,8-11,17-18H,5,7,12H2,1-4H3. The van der Waals surface area contributed by atoms with Crippen LogP contribution in [0.3, 0.4) is 0 Å². The first-order valence-electron chi connectivity index (χ1n) is 7.40. The number of hydrogen-bond acceptors (Lipinski definition) is 2. The van der Waals surface area contributed by atoms with Crippen molar-refractivity contribution in [2.45, 2.75) is 46.7 Å². The maximum Gasteiger partial charge on any atom is 0.0604 e. The van der Waals surface area contributed by atoms with Gasteiger partial charge >= 0.3 is 0 Å². The van der Waals surface area contributed by atoms with Gasteiger partial charge in [-0.25, -0.2) is 0 Å². The van der Waals surface area contributed by atoms with E-state index in [0.29, 0.717) is 6.04 Å². The largest absolute Gasteiger partial charge is 0.308 e. The van der Waals surface area contributed by atoms with Crippen molar-refractivity contribution in [1.82, 2.24) is 15.1 Å². The summed E-state index contributed by atoms with van der Waals surface area (Å²) in [6.45, 7) is 10.4. The fourth-order valence-corrected chi connectivity index (χ4v) is 2.57. The molecule has 0 saturated carbocycles. The smallest absolute Gasteiger partial charge is 0.0604 e. The number of aryl methyl sites for hydroxylation is 3. The van der Waals surface area contributed by atoms with E-state index < -0.39 is 0 Å². The lowest BCUT2D eigenvalue weighted by molar-refractivity contribution is 0.437. The molecule has 0 aliphatic carbocycles. The Labute approximate surface area is 122 Å². The van der Waals surface area contributed by atoms with Gasteiger partial charge in [0, 0.05) is 6.20 Å². The van der Waals surface area contributed by atoms with Crippen molar-refractivity contribution in [3.63, 3.8) is 0 Å². The predicted octanol–water partition coefficient (Wildman–Crippen LogP) is 3.55. The number of aromatic nitrogens is 2. The Morgan fingerprint density at radius 3 is 2.40 bits per heavy atom. The van der Waals surface area contributed by atoms with E-state index in [1.165, 1.54) is 16.7 Å². The van der Waals surface area contributed by atoms with Gasteiger partial charge in [-0.05, 0) is 45.4 Å². The van der Waals surface area contributed by atoms with E-state index in [0.717, 1.165) is 25.2 Å². The molecule has 108 valence electrons. The highest BCUT2D eigenvalue weighted by Crippen LogP contribution is 2.19. The molecule has 2 rings (SSSR count). The van der Waals surface area contributed by atoms with Crippen LogP contribution in [0, 0.1) is 20.8 Å².